The van der Waals surface area contributed by atoms with Gasteiger partial charge in [0.2, 0.25) is 5.82 Å². The summed E-state index contributed by atoms with van der Waals surface area (Å²) in [7, 11) is 0. The lowest BCUT2D eigenvalue weighted by atomic mass is 10.1. The van der Waals surface area contributed by atoms with E-state index < -0.39 is 24.0 Å². The monoisotopic (exact) mass is 291 g/mol. The topological polar surface area (TPSA) is 101 Å². The Labute approximate surface area is 121 Å². The standard InChI is InChI=1S/C13H17N5O3/c1-8-5-6-14-12-15-10(16-18(8)12)11(21)17(7-9(19)20)13(2,3)4/h5-6H,7H2,1-4H3,(H,19,20). The smallest absolute Gasteiger partial charge is 0.323 e. The van der Waals surface area contributed by atoms with Gasteiger partial charge in [-0.15, -0.1) is 5.10 Å². The lowest BCUT2D eigenvalue weighted by Crippen LogP contribution is -2.48. The van der Waals surface area contributed by atoms with Gasteiger partial charge in [-0.25, -0.2) is 9.50 Å². The molecule has 0 saturated heterocycles. The second-order valence-electron chi connectivity index (χ2n) is 5.69. The van der Waals surface area contributed by atoms with Crippen molar-refractivity contribution in [1.82, 2.24) is 24.5 Å². The minimum Gasteiger partial charge on any atom is -0.480 e. The largest absolute Gasteiger partial charge is 0.480 e. The van der Waals surface area contributed by atoms with Crippen molar-refractivity contribution < 1.29 is 14.7 Å². The number of aryl methyl sites for hydroxylation is 1. The summed E-state index contributed by atoms with van der Waals surface area (Å²) < 4.78 is 1.45. The summed E-state index contributed by atoms with van der Waals surface area (Å²) >= 11 is 0. The number of amides is 1. The number of carboxylic acids is 1. The Kier molecular flexibility index (Phi) is 3.63. The Balaban J connectivity index is 2.43. The van der Waals surface area contributed by atoms with Gasteiger partial charge in [-0.2, -0.15) is 4.98 Å². The molecule has 1 N–H and O–H groups in total. The van der Waals surface area contributed by atoms with E-state index in [0.29, 0.717) is 5.78 Å². The Morgan fingerprint density at radius 2 is 2.05 bits per heavy atom. The Hall–Kier alpha value is -2.51. The number of hydrogen-bond acceptors (Lipinski definition) is 5. The van der Waals surface area contributed by atoms with Gasteiger partial charge in [0.25, 0.3) is 11.7 Å². The first-order valence-electron chi connectivity index (χ1n) is 6.42. The first-order chi connectivity index (χ1) is 9.70. The summed E-state index contributed by atoms with van der Waals surface area (Å²) in [5, 5.41) is 13.1. The van der Waals surface area contributed by atoms with Gasteiger partial charge >= 0.3 is 5.97 Å². The van der Waals surface area contributed by atoms with Crippen LogP contribution >= 0.6 is 0 Å². The Morgan fingerprint density at radius 3 is 2.57 bits per heavy atom. The number of fused-ring (bicyclic) bond motifs is 1. The number of carbonyl (C=O) groups excluding carboxylic acids is 1. The molecule has 0 aliphatic rings. The number of carbonyl (C=O) groups is 2. The van der Waals surface area contributed by atoms with E-state index in [4.69, 9.17) is 5.11 Å². The van der Waals surface area contributed by atoms with Crippen LogP contribution in [0.3, 0.4) is 0 Å². The third-order valence-electron chi connectivity index (χ3n) is 2.97. The zero-order valence-corrected chi connectivity index (χ0v) is 12.4. The van der Waals surface area contributed by atoms with Gasteiger partial charge in [-0.05, 0) is 33.8 Å². The average molecular weight is 291 g/mol. The molecule has 2 aromatic rings. The maximum atomic E-state index is 12.5. The fraction of sp³-hybridized carbons (Fsp3) is 0.462. The molecule has 2 rings (SSSR count). The summed E-state index contributed by atoms with van der Waals surface area (Å²) in [5.41, 5.74) is 0.127. The molecule has 112 valence electrons. The Morgan fingerprint density at radius 1 is 1.38 bits per heavy atom. The van der Waals surface area contributed by atoms with E-state index >= 15 is 0 Å². The highest BCUT2D eigenvalue weighted by Gasteiger charge is 2.31. The van der Waals surface area contributed by atoms with Crippen LogP contribution in [0.1, 0.15) is 37.1 Å². The lowest BCUT2D eigenvalue weighted by molar-refractivity contribution is -0.138. The van der Waals surface area contributed by atoms with E-state index in [-0.39, 0.29) is 5.82 Å². The van der Waals surface area contributed by atoms with E-state index in [0.717, 1.165) is 5.69 Å². The summed E-state index contributed by atoms with van der Waals surface area (Å²) in [4.78, 5) is 32.8. The molecule has 2 aromatic heterocycles. The second kappa shape index (κ2) is 5.12. The zero-order chi connectivity index (χ0) is 15.8. The highest BCUT2D eigenvalue weighted by Crippen LogP contribution is 2.16. The number of nitrogens with zero attached hydrogens (tertiary/aromatic N) is 5. The summed E-state index contributed by atoms with van der Waals surface area (Å²) in [6.45, 7) is 6.67. The average Bonchev–Trinajstić information content (AvgIpc) is 2.79. The molecule has 0 saturated carbocycles. The zero-order valence-electron chi connectivity index (χ0n) is 12.4. The molecular formula is C13H17N5O3. The van der Waals surface area contributed by atoms with Gasteiger partial charge in [0.1, 0.15) is 6.54 Å². The molecule has 0 bridgehead atoms. The first kappa shape index (κ1) is 14.9. The van der Waals surface area contributed by atoms with Crippen molar-refractivity contribution in [3.63, 3.8) is 0 Å². The van der Waals surface area contributed by atoms with E-state index in [1.165, 1.54) is 9.42 Å². The van der Waals surface area contributed by atoms with Crippen molar-refractivity contribution in [3.8, 4) is 0 Å². The van der Waals surface area contributed by atoms with Crippen LogP contribution in [0.15, 0.2) is 12.3 Å². The molecule has 0 aliphatic heterocycles. The van der Waals surface area contributed by atoms with Crippen molar-refractivity contribution in [2.45, 2.75) is 33.2 Å². The SMILES string of the molecule is Cc1ccnc2nc(C(=O)N(CC(=O)O)C(C)(C)C)nn12. The fourth-order valence-corrected chi connectivity index (χ4v) is 1.87. The number of hydrogen-bond donors (Lipinski definition) is 1. The molecular weight excluding hydrogens is 274 g/mol. The molecule has 1 amide bonds. The summed E-state index contributed by atoms with van der Waals surface area (Å²) in [6, 6.07) is 1.74. The van der Waals surface area contributed by atoms with E-state index in [1.54, 1.807) is 33.0 Å². The van der Waals surface area contributed by atoms with Gasteiger partial charge < -0.3 is 10.0 Å². The molecule has 8 heteroatoms. The van der Waals surface area contributed by atoms with Crippen LogP contribution in [-0.2, 0) is 4.79 Å². The molecule has 0 aliphatic carbocycles. The third-order valence-corrected chi connectivity index (χ3v) is 2.97. The Bertz CT molecular complexity index is 701. The van der Waals surface area contributed by atoms with Crippen LogP contribution in [0.4, 0.5) is 0 Å². The van der Waals surface area contributed by atoms with Gasteiger partial charge in [-0.3, -0.25) is 9.59 Å². The molecule has 0 radical (unpaired) electrons. The molecule has 0 unspecified atom stereocenters. The van der Waals surface area contributed by atoms with Crippen LogP contribution < -0.4 is 0 Å². The normalized spacial score (nSPS) is 11.6. The van der Waals surface area contributed by atoms with E-state index in [2.05, 4.69) is 15.1 Å². The third kappa shape index (κ3) is 2.99. The summed E-state index contributed by atoms with van der Waals surface area (Å²) in [5.74, 6) is -1.37. The predicted molar refractivity (Wildman–Crippen MR) is 73.9 cm³/mol. The van der Waals surface area contributed by atoms with Crippen molar-refractivity contribution in [1.29, 1.82) is 0 Å². The van der Waals surface area contributed by atoms with Crippen LogP contribution in [0, 0.1) is 6.92 Å². The van der Waals surface area contributed by atoms with Crippen molar-refractivity contribution in [3.05, 3.63) is 23.8 Å². The van der Waals surface area contributed by atoms with Crippen LogP contribution in [-0.4, -0.2) is 53.5 Å². The second-order valence-corrected chi connectivity index (χ2v) is 5.69. The number of aliphatic carboxylic acids is 1. The van der Waals surface area contributed by atoms with Crippen molar-refractivity contribution in [2.75, 3.05) is 6.54 Å². The maximum Gasteiger partial charge on any atom is 0.323 e. The fourth-order valence-electron chi connectivity index (χ4n) is 1.87. The van der Waals surface area contributed by atoms with Crippen molar-refractivity contribution >= 4 is 17.7 Å². The van der Waals surface area contributed by atoms with Gasteiger partial charge in [0, 0.05) is 17.4 Å². The van der Waals surface area contributed by atoms with Crippen molar-refractivity contribution in [2.24, 2.45) is 0 Å². The molecule has 2 heterocycles. The van der Waals surface area contributed by atoms with Crippen LogP contribution in [0.25, 0.3) is 5.78 Å². The minimum atomic E-state index is -1.09. The summed E-state index contributed by atoms with van der Waals surface area (Å²) in [6.07, 6.45) is 1.58. The minimum absolute atomic E-state index is 0.0621. The van der Waals surface area contributed by atoms with E-state index in [9.17, 15) is 9.59 Å². The quantitative estimate of drug-likeness (QED) is 0.896. The molecule has 0 spiro atoms. The molecule has 8 nitrogen and oxygen atoms in total. The number of carboxylic acid groups (broad SMARTS) is 1. The lowest BCUT2D eigenvalue weighted by Gasteiger charge is -2.33. The van der Waals surface area contributed by atoms with E-state index in [1.807, 2.05) is 6.92 Å². The molecule has 21 heavy (non-hydrogen) atoms. The van der Waals surface area contributed by atoms with Crippen LogP contribution in [0.2, 0.25) is 0 Å². The van der Waals surface area contributed by atoms with Gasteiger partial charge in [0.05, 0.1) is 0 Å². The number of aromatic nitrogens is 4. The van der Waals surface area contributed by atoms with Gasteiger partial charge in [0.15, 0.2) is 0 Å². The highest BCUT2D eigenvalue weighted by molar-refractivity contribution is 5.93. The maximum absolute atomic E-state index is 12.5. The van der Waals surface area contributed by atoms with Gasteiger partial charge in [-0.1, -0.05) is 0 Å². The number of rotatable bonds is 3. The first-order valence-corrected chi connectivity index (χ1v) is 6.42. The molecule has 0 fully saturated rings. The predicted octanol–water partition coefficient (Wildman–Crippen LogP) is 0.758. The highest BCUT2D eigenvalue weighted by atomic mass is 16.4. The molecule has 0 aromatic carbocycles. The van der Waals surface area contributed by atoms with Crippen LogP contribution in [0.5, 0.6) is 0 Å². The molecule has 0 atom stereocenters.